The van der Waals surface area contributed by atoms with E-state index in [4.69, 9.17) is 0 Å². The van der Waals surface area contributed by atoms with Gasteiger partial charge in [0.15, 0.2) is 0 Å². The molecule has 2 aliphatic rings. The van der Waals surface area contributed by atoms with Crippen LogP contribution in [-0.2, 0) is 21.4 Å². The number of likely N-dealkylation sites (tertiary alicyclic amines) is 1. The van der Waals surface area contributed by atoms with Crippen LogP contribution in [0.3, 0.4) is 0 Å². The summed E-state index contributed by atoms with van der Waals surface area (Å²) in [4.78, 5) is 31.0. The van der Waals surface area contributed by atoms with Gasteiger partial charge in [-0.25, -0.2) is 0 Å². The minimum absolute atomic E-state index is 0.157. The molecule has 2 aliphatic heterocycles. The van der Waals surface area contributed by atoms with Gasteiger partial charge in [0, 0.05) is 45.7 Å². The number of benzene rings is 1. The molecule has 2 fully saturated rings. The summed E-state index contributed by atoms with van der Waals surface area (Å²) in [7, 11) is 0. The molecule has 1 aromatic carbocycles. The molecular weight excluding hydrogens is 350 g/mol. The summed E-state index contributed by atoms with van der Waals surface area (Å²) in [6.07, 6.45) is 3.61. The maximum atomic E-state index is 12.6. The van der Waals surface area contributed by atoms with E-state index in [1.54, 1.807) is 0 Å². The summed E-state index contributed by atoms with van der Waals surface area (Å²) in [6, 6.07) is 8.65. The Labute approximate surface area is 169 Å². The van der Waals surface area contributed by atoms with E-state index in [1.165, 1.54) is 11.1 Å². The molecular formula is C23H35N3O2. The van der Waals surface area contributed by atoms with Gasteiger partial charge in [-0.3, -0.25) is 14.5 Å². The van der Waals surface area contributed by atoms with Crippen molar-refractivity contribution in [2.75, 3.05) is 45.8 Å². The zero-order chi connectivity index (χ0) is 20.1. The molecule has 154 valence electrons. The van der Waals surface area contributed by atoms with Gasteiger partial charge < -0.3 is 9.80 Å². The number of carbonyl (C=O) groups excluding carboxylic acids is 2. The van der Waals surface area contributed by atoms with Crippen LogP contribution in [0.25, 0.3) is 0 Å². The third-order valence-corrected chi connectivity index (χ3v) is 5.99. The van der Waals surface area contributed by atoms with Gasteiger partial charge in [0.2, 0.25) is 11.8 Å². The third kappa shape index (κ3) is 5.57. The van der Waals surface area contributed by atoms with E-state index >= 15 is 0 Å². The van der Waals surface area contributed by atoms with Crippen molar-refractivity contribution >= 4 is 11.8 Å². The molecule has 0 aliphatic carbocycles. The first-order chi connectivity index (χ1) is 13.3. The van der Waals surface area contributed by atoms with Gasteiger partial charge in [0.1, 0.15) is 0 Å². The van der Waals surface area contributed by atoms with Crippen LogP contribution in [0.5, 0.6) is 0 Å². The SMILES string of the molecule is CC(C)(C)c1ccc(CCC(=O)N2CCN(CC(=O)N3CCCC3)CC2)cc1. The van der Waals surface area contributed by atoms with Gasteiger partial charge in [-0.2, -0.15) is 0 Å². The highest BCUT2D eigenvalue weighted by Gasteiger charge is 2.25. The standard InChI is InChI=1S/C23H35N3O2/c1-23(2,3)20-9-6-19(7-10-20)8-11-21(27)26-16-14-24(15-17-26)18-22(28)25-12-4-5-13-25/h6-7,9-10H,4-5,8,11-18H2,1-3H3. The Balaban J connectivity index is 1.39. The highest BCUT2D eigenvalue weighted by molar-refractivity contribution is 5.79. The number of aryl methyl sites for hydroxylation is 1. The predicted octanol–water partition coefficient (Wildman–Crippen LogP) is 2.68. The van der Waals surface area contributed by atoms with Crippen LogP contribution in [0.15, 0.2) is 24.3 Å². The maximum absolute atomic E-state index is 12.6. The molecule has 28 heavy (non-hydrogen) atoms. The van der Waals surface area contributed by atoms with Crippen molar-refractivity contribution in [3.05, 3.63) is 35.4 Å². The summed E-state index contributed by atoms with van der Waals surface area (Å²) < 4.78 is 0. The number of piperazine rings is 1. The van der Waals surface area contributed by atoms with Crippen LogP contribution in [0, 0.1) is 0 Å². The molecule has 5 nitrogen and oxygen atoms in total. The smallest absolute Gasteiger partial charge is 0.236 e. The van der Waals surface area contributed by atoms with Gasteiger partial charge in [-0.1, -0.05) is 45.0 Å². The first kappa shape index (κ1) is 20.8. The average Bonchev–Trinajstić information content (AvgIpc) is 3.21. The van der Waals surface area contributed by atoms with E-state index in [2.05, 4.69) is 49.9 Å². The van der Waals surface area contributed by atoms with Gasteiger partial charge in [-0.05, 0) is 35.8 Å². The van der Waals surface area contributed by atoms with Crippen LogP contribution in [0.4, 0.5) is 0 Å². The van der Waals surface area contributed by atoms with Crippen molar-refractivity contribution in [2.45, 2.75) is 51.9 Å². The minimum atomic E-state index is 0.157. The Kier molecular flexibility index (Phi) is 6.76. The van der Waals surface area contributed by atoms with Crippen LogP contribution in [0.1, 0.15) is 51.2 Å². The summed E-state index contributed by atoms with van der Waals surface area (Å²) >= 11 is 0. The van der Waals surface area contributed by atoms with Gasteiger partial charge in [-0.15, -0.1) is 0 Å². The number of amides is 2. The molecule has 0 aromatic heterocycles. The van der Waals surface area contributed by atoms with Crippen LogP contribution < -0.4 is 0 Å². The molecule has 2 heterocycles. The van der Waals surface area contributed by atoms with E-state index in [-0.39, 0.29) is 17.2 Å². The van der Waals surface area contributed by atoms with Gasteiger partial charge in [0.25, 0.3) is 0 Å². The summed E-state index contributed by atoms with van der Waals surface area (Å²) in [5.74, 6) is 0.474. The number of hydrogen-bond donors (Lipinski definition) is 0. The Hall–Kier alpha value is -1.88. The number of carbonyl (C=O) groups is 2. The lowest BCUT2D eigenvalue weighted by Crippen LogP contribution is -2.51. The Morgan fingerprint density at radius 1 is 0.821 bits per heavy atom. The number of hydrogen-bond acceptors (Lipinski definition) is 3. The first-order valence-corrected chi connectivity index (χ1v) is 10.7. The molecule has 2 saturated heterocycles. The summed E-state index contributed by atoms with van der Waals surface area (Å²) in [6.45, 7) is 12.0. The molecule has 1 aromatic rings. The van der Waals surface area contributed by atoms with Gasteiger partial charge >= 0.3 is 0 Å². The summed E-state index contributed by atoms with van der Waals surface area (Å²) in [5, 5.41) is 0. The fraction of sp³-hybridized carbons (Fsp3) is 0.652. The zero-order valence-corrected chi connectivity index (χ0v) is 17.7. The molecule has 0 N–H and O–H groups in total. The fourth-order valence-electron chi connectivity index (χ4n) is 3.99. The molecule has 0 spiro atoms. The molecule has 0 radical (unpaired) electrons. The van der Waals surface area contributed by atoms with Crippen LogP contribution >= 0.6 is 0 Å². The average molecular weight is 386 g/mol. The number of rotatable bonds is 5. The minimum Gasteiger partial charge on any atom is -0.342 e. The molecule has 0 saturated carbocycles. The normalized spacial score (nSPS) is 18.5. The lowest BCUT2D eigenvalue weighted by molar-refractivity contribution is -0.134. The second-order valence-corrected chi connectivity index (χ2v) is 9.19. The monoisotopic (exact) mass is 385 g/mol. The molecule has 5 heteroatoms. The number of nitrogens with zero attached hydrogens (tertiary/aromatic N) is 3. The second-order valence-electron chi connectivity index (χ2n) is 9.19. The topological polar surface area (TPSA) is 43.9 Å². The molecule has 0 bridgehead atoms. The Morgan fingerprint density at radius 2 is 1.39 bits per heavy atom. The van der Waals surface area contributed by atoms with E-state index in [0.717, 1.165) is 58.5 Å². The van der Waals surface area contributed by atoms with Crippen LogP contribution in [-0.4, -0.2) is 72.3 Å². The van der Waals surface area contributed by atoms with Crippen molar-refractivity contribution in [3.63, 3.8) is 0 Å². The van der Waals surface area contributed by atoms with Crippen molar-refractivity contribution in [2.24, 2.45) is 0 Å². The van der Waals surface area contributed by atoms with E-state index in [1.807, 2.05) is 9.80 Å². The lowest BCUT2D eigenvalue weighted by Gasteiger charge is -2.35. The first-order valence-electron chi connectivity index (χ1n) is 10.7. The third-order valence-electron chi connectivity index (χ3n) is 5.99. The van der Waals surface area contributed by atoms with Crippen molar-refractivity contribution in [1.82, 2.24) is 14.7 Å². The zero-order valence-electron chi connectivity index (χ0n) is 17.7. The van der Waals surface area contributed by atoms with Crippen LogP contribution in [0.2, 0.25) is 0 Å². The maximum Gasteiger partial charge on any atom is 0.236 e. The van der Waals surface area contributed by atoms with Crippen molar-refractivity contribution in [1.29, 1.82) is 0 Å². The Bertz CT molecular complexity index is 664. The molecule has 0 atom stereocenters. The highest BCUT2D eigenvalue weighted by Crippen LogP contribution is 2.22. The largest absolute Gasteiger partial charge is 0.342 e. The molecule has 0 unspecified atom stereocenters. The van der Waals surface area contributed by atoms with Gasteiger partial charge in [0.05, 0.1) is 6.54 Å². The summed E-state index contributed by atoms with van der Waals surface area (Å²) in [5.41, 5.74) is 2.70. The highest BCUT2D eigenvalue weighted by atomic mass is 16.2. The second kappa shape index (κ2) is 9.08. The molecule has 2 amide bonds. The van der Waals surface area contributed by atoms with E-state index in [0.29, 0.717) is 13.0 Å². The fourth-order valence-corrected chi connectivity index (χ4v) is 3.99. The molecule has 3 rings (SSSR count). The van der Waals surface area contributed by atoms with Crippen molar-refractivity contribution in [3.8, 4) is 0 Å². The van der Waals surface area contributed by atoms with E-state index < -0.39 is 0 Å². The lowest BCUT2D eigenvalue weighted by atomic mass is 9.86. The van der Waals surface area contributed by atoms with Crippen molar-refractivity contribution < 1.29 is 9.59 Å². The quantitative estimate of drug-likeness (QED) is 0.783. The van der Waals surface area contributed by atoms with E-state index in [9.17, 15) is 9.59 Å². The Morgan fingerprint density at radius 3 is 1.96 bits per heavy atom. The predicted molar refractivity (Wildman–Crippen MR) is 112 cm³/mol.